The number of fused-ring (bicyclic) bond motifs is 1. The molecule has 0 aromatic carbocycles. The van der Waals surface area contributed by atoms with Crippen LogP contribution in [0.2, 0.25) is 0 Å². The van der Waals surface area contributed by atoms with Gasteiger partial charge in [0.1, 0.15) is 11.9 Å². The normalized spacial score (nSPS) is 23.2. The number of primary amides is 1. The second-order valence-electron chi connectivity index (χ2n) is 6.95. The molecule has 0 spiro atoms. The average molecular weight is 333 g/mol. The Labute approximate surface area is 143 Å². The van der Waals surface area contributed by atoms with Crippen molar-refractivity contribution >= 4 is 17.9 Å². The van der Waals surface area contributed by atoms with E-state index in [4.69, 9.17) is 20.4 Å². The number of ether oxygens (including phenoxy) is 1. The van der Waals surface area contributed by atoms with Crippen LogP contribution in [0.1, 0.15) is 49.8 Å². The van der Waals surface area contributed by atoms with Gasteiger partial charge in [-0.3, -0.25) is 0 Å². The number of anilines is 2. The molecular weight excluding hydrogens is 306 g/mol. The lowest BCUT2D eigenvalue weighted by atomic mass is 9.93. The Hall–Kier alpha value is -2.05. The molecule has 7 heteroatoms. The molecule has 3 rings (SSSR count). The van der Waals surface area contributed by atoms with Crippen molar-refractivity contribution in [1.29, 1.82) is 0 Å². The summed E-state index contributed by atoms with van der Waals surface area (Å²) in [5.74, 6) is 1.76. The van der Waals surface area contributed by atoms with Crippen LogP contribution < -0.4 is 16.0 Å². The summed E-state index contributed by atoms with van der Waals surface area (Å²) >= 11 is 0. The molecule has 0 unspecified atom stereocenters. The number of amides is 1. The van der Waals surface area contributed by atoms with Gasteiger partial charge in [0, 0.05) is 25.7 Å². The second-order valence-corrected chi connectivity index (χ2v) is 6.95. The molecule has 0 bridgehead atoms. The number of carbonyl (C=O) groups excluding carboxylic acids is 1. The summed E-state index contributed by atoms with van der Waals surface area (Å²) in [7, 11) is 4.07. The molecule has 2 aliphatic rings. The molecule has 132 valence electrons. The summed E-state index contributed by atoms with van der Waals surface area (Å²) < 4.78 is 5.09. The van der Waals surface area contributed by atoms with Gasteiger partial charge in [-0.1, -0.05) is 0 Å². The second kappa shape index (κ2) is 7.23. The van der Waals surface area contributed by atoms with E-state index in [-0.39, 0.29) is 6.10 Å². The Morgan fingerprint density at radius 1 is 1.17 bits per heavy atom. The molecule has 0 saturated heterocycles. The minimum atomic E-state index is -0.681. The van der Waals surface area contributed by atoms with E-state index in [1.807, 2.05) is 14.1 Å². The highest BCUT2D eigenvalue weighted by Crippen LogP contribution is 2.29. The highest BCUT2D eigenvalue weighted by atomic mass is 16.6. The van der Waals surface area contributed by atoms with Gasteiger partial charge in [-0.15, -0.1) is 0 Å². The number of nitrogens with one attached hydrogen (secondary N) is 1. The maximum Gasteiger partial charge on any atom is 0.404 e. The molecule has 1 aromatic heterocycles. The van der Waals surface area contributed by atoms with Crippen LogP contribution in [0.15, 0.2) is 0 Å². The van der Waals surface area contributed by atoms with Crippen LogP contribution in [0, 0.1) is 0 Å². The van der Waals surface area contributed by atoms with Crippen molar-refractivity contribution < 1.29 is 9.53 Å². The molecule has 2 aliphatic carbocycles. The quantitative estimate of drug-likeness (QED) is 0.878. The summed E-state index contributed by atoms with van der Waals surface area (Å²) in [6, 6.07) is 0.314. The zero-order valence-corrected chi connectivity index (χ0v) is 14.5. The predicted octanol–water partition coefficient (Wildman–Crippen LogP) is 2.24. The fraction of sp³-hybridized carbons (Fsp3) is 0.706. The molecule has 24 heavy (non-hydrogen) atoms. The van der Waals surface area contributed by atoms with Crippen LogP contribution in [0.4, 0.5) is 16.6 Å². The van der Waals surface area contributed by atoms with E-state index in [2.05, 4.69) is 10.2 Å². The molecule has 3 N–H and O–H groups in total. The largest absolute Gasteiger partial charge is 0.446 e. The number of rotatable bonds is 4. The van der Waals surface area contributed by atoms with E-state index < -0.39 is 6.09 Å². The first-order valence-corrected chi connectivity index (χ1v) is 8.82. The maximum atomic E-state index is 10.8. The number of aryl methyl sites for hydroxylation is 1. The Bertz CT molecular complexity index is 597. The van der Waals surface area contributed by atoms with Gasteiger partial charge >= 0.3 is 6.09 Å². The SMILES string of the molecule is CN(C)c1nc(N[C@H]2CC[C@@H](OC(N)=O)CC2)nc2c1CCCC2. The smallest absolute Gasteiger partial charge is 0.404 e. The van der Waals surface area contributed by atoms with Crippen LogP contribution in [0.5, 0.6) is 0 Å². The average Bonchev–Trinajstić information content (AvgIpc) is 2.55. The van der Waals surface area contributed by atoms with Gasteiger partial charge in [-0.2, -0.15) is 4.98 Å². The van der Waals surface area contributed by atoms with Crippen LogP contribution in [-0.2, 0) is 17.6 Å². The maximum absolute atomic E-state index is 10.8. The summed E-state index contributed by atoms with van der Waals surface area (Å²) in [5, 5.41) is 3.48. The lowest BCUT2D eigenvalue weighted by molar-refractivity contribution is 0.0805. The minimum Gasteiger partial charge on any atom is -0.446 e. The topological polar surface area (TPSA) is 93.4 Å². The molecule has 7 nitrogen and oxygen atoms in total. The van der Waals surface area contributed by atoms with E-state index in [0.29, 0.717) is 6.04 Å². The van der Waals surface area contributed by atoms with E-state index in [1.165, 1.54) is 24.1 Å². The Morgan fingerprint density at radius 2 is 1.88 bits per heavy atom. The zero-order valence-electron chi connectivity index (χ0n) is 14.5. The fourth-order valence-electron chi connectivity index (χ4n) is 3.68. The van der Waals surface area contributed by atoms with Crippen molar-refractivity contribution in [2.24, 2.45) is 5.73 Å². The highest BCUT2D eigenvalue weighted by Gasteiger charge is 2.25. The first kappa shape index (κ1) is 16.8. The van der Waals surface area contributed by atoms with Crippen LogP contribution in [-0.4, -0.2) is 42.3 Å². The van der Waals surface area contributed by atoms with Gasteiger partial charge in [0.25, 0.3) is 0 Å². The van der Waals surface area contributed by atoms with Crippen molar-refractivity contribution in [2.45, 2.75) is 63.5 Å². The van der Waals surface area contributed by atoms with E-state index >= 15 is 0 Å². The Morgan fingerprint density at radius 3 is 2.54 bits per heavy atom. The van der Waals surface area contributed by atoms with Crippen LogP contribution in [0.25, 0.3) is 0 Å². The molecule has 1 fully saturated rings. The summed E-state index contributed by atoms with van der Waals surface area (Å²) in [4.78, 5) is 22.4. The van der Waals surface area contributed by atoms with Crippen LogP contribution >= 0.6 is 0 Å². The third-order valence-corrected chi connectivity index (χ3v) is 4.88. The molecule has 0 atom stereocenters. The van der Waals surface area contributed by atoms with Gasteiger partial charge in [0.2, 0.25) is 5.95 Å². The third kappa shape index (κ3) is 3.88. The molecule has 0 aliphatic heterocycles. The zero-order chi connectivity index (χ0) is 17.1. The molecule has 1 saturated carbocycles. The van der Waals surface area contributed by atoms with E-state index in [9.17, 15) is 4.79 Å². The summed E-state index contributed by atoms with van der Waals surface area (Å²) in [5.41, 5.74) is 7.58. The molecular formula is C17H27N5O2. The van der Waals surface area contributed by atoms with Gasteiger partial charge < -0.3 is 20.7 Å². The van der Waals surface area contributed by atoms with Crippen molar-refractivity contribution in [3.05, 3.63) is 11.3 Å². The Balaban J connectivity index is 1.67. The van der Waals surface area contributed by atoms with Crippen molar-refractivity contribution in [3.63, 3.8) is 0 Å². The van der Waals surface area contributed by atoms with Crippen molar-refractivity contribution in [3.8, 4) is 0 Å². The fourth-order valence-corrected chi connectivity index (χ4v) is 3.68. The van der Waals surface area contributed by atoms with Crippen molar-refractivity contribution in [2.75, 3.05) is 24.3 Å². The molecule has 0 radical (unpaired) electrons. The lowest BCUT2D eigenvalue weighted by Crippen LogP contribution is -2.33. The van der Waals surface area contributed by atoms with Gasteiger partial charge in [-0.05, 0) is 51.4 Å². The van der Waals surface area contributed by atoms with E-state index in [1.54, 1.807) is 0 Å². The number of aromatic nitrogens is 2. The third-order valence-electron chi connectivity index (χ3n) is 4.88. The first-order chi connectivity index (χ1) is 11.5. The van der Waals surface area contributed by atoms with Gasteiger partial charge in [0.15, 0.2) is 0 Å². The number of hydrogen-bond acceptors (Lipinski definition) is 6. The monoisotopic (exact) mass is 333 g/mol. The summed E-state index contributed by atoms with van der Waals surface area (Å²) in [6.07, 6.45) is 7.29. The first-order valence-electron chi connectivity index (χ1n) is 8.82. The number of nitrogens with zero attached hydrogens (tertiary/aromatic N) is 3. The van der Waals surface area contributed by atoms with Gasteiger partial charge in [-0.25, -0.2) is 9.78 Å². The molecule has 1 amide bonds. The standard InChI is InChI=1S/C17H27N5O2/c1-22(2)15-13-5-3-4-6-14(13)20-17(21-15)19-11-7-9-12(10-8-11)24-16(18)23/h11-12H,3-10H2,1-2H3,(H2,18,23)(H,19,20,21)/t11-,12+. The summed E-state index contributed by atoms with van der Waals surface area (Å²) in [6.45, 7) is 0. The number of nitrogens with two attached hydrogens (primary N) is 1. The molecule has 1 aromatic rings. The van der Waals surface area contributed by atoms with Crippen LogP contribution in [0.3, 0.4) is 0 Å². The highest BCUT2D eigenvalue weighted by molar-refractivity contribution is 5.64. The minimum absolute atomic E-state index is 0.0534. The molecule has 1 heterocycles. The van der Waals surface area contributed by atoms with Crippen molar-refractivity contribution in [1.82, 2.24) is 9.97 Å². The number of carbonyl (C=O) groups is 1. The van der Waals surface area contributed by atoms with E-state index in [0.717, 1.165) is 50.3 Å². The lowest BCUT2D eigenvalue weighted by Gasteiger charge is -2.29. The number of hydrogen-bond donors (Lipinski definition) is 2. The Kier molecular flexibility index (Phi) is 5.06. The predicted molar refractivity (Wildman–Crippen MR) is 93.3 cm³/mol. The van der Waals surface area contributed by atoms with Gasteiger partial charge in [0.05, 0.1) is 5.69 Å².